The van der Waals surface area contributed by atoms with Gasteiger partial charge in [-0.1, -0.05) is 18.2 Å². The number of nitrogens with one attached hydrogen (secondary N) is 3. The molecule has 2 amide bonds. The van der Waals surface area contributed by atoms with Crippen LogP contribution in [0.25, 0.3) is 0 Å². The number of amides is 2. The molecule has 1 fully saturated rings. The Bertz CT molecular complexity index is 643. The highest BCUT2D eigenvalue weighted by atomic mass is 127. The Hall–Kier alpha value is -1.84. The highest BCUT2D eigenvalue weighted by Crippen LogP contribution is 2.20. The van der Waals surface area contributed by atoms with E-state index < -0.39 is 0 Å². The molecular formula is C18H28IN5O2. The number of rotatable bonds is 4. The van der Waals surface area contributed by atoms with Crippen molar-refractivity contribution in [3.63, 3.8) is 0 Å². The third-order valence-electron chi connectivity index (χ3n) is 3.69. The second-order valence-corrected chi connectivity index (χ2v) is 7.11. The van der Waals surface area contributed by atoms with Crippen LogP contribution in [0.15, 0.2) is 35.3 Å². The molecule has 0 radical (unpaired) electrons. The van der Waals surface area contributed by atoms with Gasteiger partial charge in [0.05, 0.1) is 12.6 Å². The van der Waals surface area contributed by atoms with E-state index in [0.29, 0.717) is 18.9 Å². The van der Waals surface area contributed by atoms with E-state index >= 15 is 0 Å². The van der Waals surface area contributed by atoms with Gasteiger partial charge >= 0.3 is 0 Å². The summed E-state index contributed by atoms with van der Waals surface area (Å²) in [5.41, 5.74) is 0.619. The van der Waals surface area contributed by atoms with E-state index in [1.165, 1.54) is 0 Å². The van der Waals surface area contributed by atoms with Crippen molar-refractivity contribution < 1.29 is 9.59 Å². The van der Waals surface area contributed by atoms with Gasteiger partial charge in [0.25, 0.3) is 0 Å². The second-order valence-electron chi connectivity index (χ2n) is 7.11. The lowest BCUT2D eigenvalue weighted by atomic mass is 10.1. The summed E-state index contributed by atoms with van der Waals surface area (Å²) in [4.78, 5) is 30.0. The number of hydrogen-bond donors (Lipinski definition) is 3. The van der Waals surface area contributed by atoms with Crippen molar-refractivity contribution in [2.45, 2.75) is 38.8 Å². The minimum atomic E-state index is -0.274. The predicted molar refractivity (Wildman–Crippen MR) is 115 cm³/mol. The van der Waals surface area contributed by atoms with Crippen LogP contribution in [0.3, 0.4) is 0 Å². The summed E-state index contributed by atoms with van der Waals surface area (Å²) < 4.78 is 0. The Balaban J connectivity index is 0.00000338. The number of nitrogens with zero attached hydrogens (tertiary/aromatic N) is 2. The van der Waals surface area contributed by atoms with Crippen LogP contribution >= 0.6 is 24.0 Å². The van der Waals surface area contributed by atoms with E-state index in [-0.39, 0.29) is 53.9 Å². The normalized spacial score (nSPS) is 17.5. The molecular weight excluding hydrogens is 445 g/mol. The van der Waals surface area contributed by atoms with Crippen molar-refractivity contribution in [3.8, 4) is 0 Å². The molecule has 1 unspecified atom stereocenters. The molecule has 1 saturated heterocycles. The van der Waals surface area contributed by atoms with Crippen LogP contribution < -0.4 is 20.9 Å². The first kappa shape index (κ1) is 22.2. The Morgan fingerprint density at radius 1 is 1.27 bits per heavy atom. The quantitative estimate of drug-likeness (QED) is 0.352. The summed E-state index contributed by atoms with van der Waals surface area (Å²) >= 11 is 0. The Morgan fingerprint density at radius 3 is 2.50 bits per heavy atom. The molecule has 0 aromatic heterocycles. The predicted octanol–water partition coefficient (Wildman–Crippen LogP) is 1.49. The summed E-state index contributed by atoms with van der Waals surface area (Å²) in [6, 6.07) is 9.54. The Labute approximate surface area is 172 Å². The number of benzene rings is 1. The van der Waals surface area contributed by atoms with Gasteiger partial charge in [0.15, 0.2) is 5.96 Å². The molecule has 1 aromatic carbocycles. The van der Waals surface area contributed by atoms with Gasteiger partial charge in [-0.2, -0.15) is 0 Å². The largest absolute Gasteiger partial charge is 0.351 e. The molecule has 144 valence electrons. The summed E-state index contributed by atoms with van der Waals surface area (Å²) in [6.45, 7) is 6.48. The molecule has 1 aliphatic rings. The average Bonchev–Trinajstić information content (AvgIpc) is 2.91. The number of aliphatic imine (C=N–C) groups is 1. The van der Waals surface area contributed by atoms with Crippen LogP contribution in [0.1, 0.15) is 27.2 Å². The molecule has 2 rings (SSSR count). The lowest BCUT2D eigenvalue weighted by Crippen LogP contribution is -2.50. The van der Waals surface area contributed by atoms with Crippen LogP contribution in [0, 0.1) is 0 Å². The van der Waals surface area contributed by atoms with E-state index in [1.54, 1.807) is 11.9 Å². The molecule has 1 aliphatic heterocycles. The second kappa shape index (κ2) is 9.75. The fourth-order valence-electron chi connectivity index (χ4n) is 2.68. The van der Waals surface area contributed by atoms with Gasteiger partial charge in [-0.15, -0.1) is 24.0 Å². The first-order valence-corrected chi connectivity index (χ1v) is 8.42. The number of guanidine groups is 1. The zero-order valence-corrected chi connectivity index (χ0v) is 18.0. The third-order valence-corrected chi connectivity index (χ3v) is 3.69. The average molecular weight is 473 g/mol. The van der Waals surface area contributed by atoms with E-state index in [1.807, 2.05) is 51.1 Å². The minimum absolute atomic E-state index is 0. The first-order valence-electron chi connectivity index (χ1n) is 8.42. The summed E-state index contributed by atoms with van der Waals surface area (Å²) in [7, 11) is 1.64. The molecule has 1 atom stereocenters. The fraction of sp³-hybridized carbons (Fsp3) is 0.500. The number of anilines is 1. The molecule has 0 saturated carbocycles. The molecule has 8 heteroatoms. The summed E-state index contributed by atoms with van der Waals surface area (Å²) in [5, 5.41) is 9.08. The topological polar surface area (TPSA) is 85.8 Å². The Morgan fingerprint density at radius 2 is 1.92 bits per heavy atom. The van der Waals surface area contributed by atoms with Crippen molar-refractivity contribution in [1.82, 2.24) is 16.0 Å². The molecule has 0 bridgehead atoms. The van der Waals surface area contributed by atoms with Crippen LogP contribution in [-0.2, 0) is 9.59 Å². The molecule has 0 spiro atoms. The monoisotopic (exact) mass is 473 g/mol. The van der Waals surface area contributed by atoms with Crippen LogP contribution in [0.2, 0.25) is 0 Å². The zero-order valence-electron chi connectivity index (χ0n) is 15.7. The highest BCUT2D eigenvalue weighted by molar-refractivity contribution is 14.0. The van der Waals surface area contributed by atoms with Gasteiger partial charge in [0, 0.05) is 31.2 Å². The number of para-hydroxylation sites is 1. The molecule has 7 nitrogen and oxygen atoms in total. The van der Waals surface area contributed by atoms with Crippen molar-refractivity contribution in [3.05, 3.63) is 30.3 Å². The first-order chi connectivity index (χ1) is 11.8. The van der Waals surface area contributed by atoms with Crippen molar-refractivity contribution in [2.24, 2.45) is 4.99 Å². The van der Waals surface area contributed by atoms with Gasteiger partial charge in [-0.25, -0.2) is 0 Å². The maximum Gasteiger partial charge on any atom is 0.239 e. The van der Waals surface area contributed by atoms with E-state index in [0.717, 1.165) is 5.69 Å². The molecule has 1 heterocycles. The van der Waals surface area contributed by atoms with Gasteiger partial charge < -0.3 is 20.9 Å². The highest BCUT2D eigenvalue weighted by Gasteiger charge is 2.31. The van der Waals surface area contributed by atoms with Gasteiger partial charge in [0.1, 0.15) is 0 Å². The summed E-state index contributed by atoms with van der Waals surface area (Å²) in [5.74, 6) is 0.477. The fourth-order valence-corrected chi connectivity index (χ4v) is 2.68. The lowest BCUT2D eigenvalue weighted by Gasteiger charge is -2.22. The number of carbonyl (C=O) groups excluding carboxylic acids is 2. The maximum absolute atomic E-state index is 12.2. The maximum atomic E-state index is 12.2. The smallest absolute Gasteiger partial charge is 0.239 e. The van der Waals surface area contributed by atoms with E-state index in [2.05, 4.69) is 20.9 Å². The van der Waals surface area contributed by atoms with Gasteiger partial charge in [-0.05, 0) is 32.9 Å². The van der Waals surface area contributed by atoms with Crippen LogP contribution in [0.4, 0.5) is 5.69 Å². The molecule has 0 aliphatic carbocycles. The van der Waals surface area contributed by atoms with Gasteiger partial charge in [-0.3, -0.25) is 14.6 Å². The van der Waals surface area contributed by atoms with Crippen LogP contribution in [0.5, 0.6) is 0 Å². The number of carbonyl (C=O) groups is 2. The lowest BCUT2D eigenvalue weighted by molar-refractivity contribution is -0.121. The molecule has 3 N–H and O–H groups in total. The van der Waals surface area contributed by atoms with E-state index in [9.17, 15) is 9.59 Å². The standard InChI is InChI=1S/C18H27N5O2.HI/c1-18(2,3)22-15(24)11-20-17(19-4)21-13-10-16(25)23(12-13)14-8-6-5-7-9-14;/h5-9,13H,10-12H2,1-4H3,(H,22,24)(H2,19,20,21);1H. The van der Waals surface area contributed by atoms with Crippen molar-refractivity contribution in [2.75, 3.05) is 25.0 Å². The van der Waals surface area contributed by atoms with E-state index in [4.69, 9.17) is 0 Å². The van der Waals surface area contributed by atoms with Gasteiger partial charge in [0.2, 0.25) is 11.8 Å². The SMILES string of the molecule is CN=C(NCC(=O)NC(C)(C)C)NC1CC(=O)N(c2ccccc2)C1.I. The third kappa shape index (κ3) is 6.81. The summed E-state index contributed by atoms with van der Waals surface area (Å²) in [6.07, 6.45) is 0.393. The Kier molecular flexibility index (Phi) is 8.32. The molecule has 1 aromatic rings. The van der Waals surface area contributed by atoms with Crippen molar-refractivity contribution in [1.29, 1.82) is 0 Å². The molecule has 26 heavy (non-hydrogen) atoms. The number of halogens is 1. The zero-order chi connectivity index (χ0) is 18.4. The van der Waals surface area contributed by atoms with Crippen molar-refractivity contribution >= 4 is 47.4 Å². The van der Waals surface area contributed by atoms with Crippen LogP contribution in [-0.4, -0.2) is 49.5 Å². The number of hydrogen-bond acceptors (Lipinski definition) is 3. The minimum Gasteiger partial charge on any atom is -0.351 e.